The van der Waals surface area contributed by atoms with Crippen molar-refractivity contribution >= 4 is 10.9 Å². The first-order valence-electron chi connectivity index (χ1n) is 9.83. The number of benzene rings is 1. The lowest BCUT2D eigenvalue weighted by atomic mass is 10.1. The van der Waals surface area contributed by atoms with E-state index in [1.165, 1.54) is 6.07 Å². The summed E-state index contributed by atoms with van der Waals surface area (Å²) in [7, 11) is 3.36. The Hall–Kier alpha value is -2.84. The number of likely N-dealkylation sites (tertiary alicyclic amines) is 1. The van der Waals surface area contributed by atoms with Crippen LogP contribution in [0.2, 0.25) is 0 Å². The molecule has 8 heteroatoms. The summed E-state index contributed by atoms with van der Waals surface area (Å²) in [6, 6.07) is 8.89. The second-order valence-corrected chi connectivity index (χ2v) is 7.32. The highest BCUT2D eigenvalue weighted by atomic mass is 16.5. The number of para-hydroxylation sites is 1. The van der Waals surface area contributed by atoms with Crippen LogP contribution in [0.25, 0.3) is 10.9 Å². The fourth-order valence-corrected chi connectivity index (χ4v) is 3.99. The molecule has 1 saturated heterocycles. The predicted octanol–water partition coefficient (Wildman–Crippen LogP) is 1.47. The van der Waals surface area contributed by atoms with Gasteiger partial charge in [-0.05, 0) is 31.5 Å². The molecule has 29 heavy (non-hydrogen) atoms. The highest BCUT2D eigenvalue weighted by molar-refractivity contribution is 5.77. The molecular weight excluding hydrogens is 370 g/mol. The molecule has 1 aromatic carbocycles. The molecule has 1 unspecified atom stereocenters. The molecule has 1 fully saturated rings. The van der Waals surface area contributed by atoms with E-state index in [-0.39, 0.29) is 17.2 Å². The van der Waals surface area contributed by atoms with Gasteiger partial charge in [-0.3, -0.25) is 23.6 Å². The molecule has 8 nitrogen and oxygen atoms in total. The highest BCUT2D eigenvalue weighted by Crippen LogP contribution is 2.32. The van der Waals surface area contributed by atoms with Crippen molar-refractivity contribution < 1.29 is 4.74 Å². The van der Waals surface area contributed by atoms with E-state index in [1.807, 2.05) is 24.3 Å². The molecular formula is C21H25N5O3. The molecule has 1 atom stereocenters. The third-order valence-electron chi connectivity index (χ3n) is 5.57. The molecule has 1 aliphatic rings. The van der Waals surface area contributed by atoms with Crippen LogP contribution in [0.4, 0.5) is 0 Å². The van der Waals surface area contributed by atoms with Gasteiger partial charge in [0.05, 0.1) is 36.6 Å². The average molecular weight is 395 g/mol. The first-order chi connectivity index (χ1) is 14.1. The van der Waals surface area contributed by atoms with Gasteiger partial charge in [-0.2, -0.15) is 0 Å². The largest absolute Gasteiger partial charge is 0.383 e. The molecule has 152 valence electrons. The maximum absolute atomic E-state index is 13.2. The summed E-state index contributed by atoms with van der Waals surface area (Å²) >= 11 is 0. The molecule has 0 N–H and O–H groups in total. The van der Waals surface area contributed by atoms with E-state index in [4.69, 9.17) is 9.72 Å². The number of methoxy groups -OCH3 is 1. The van der Waals surface area contributed by atoms with Crippen LogP contribution in [0.3, 0.4) is 0 Å². The number of nitrogens with zero attached hydrogens (tertiary/aromatic N) is 5. The van der Waals surface area contributed by atoms with E-state index in [2.05, 4.69) is 9.88 Å². The van der Waals surface area contributed by atoms with Crippen molar-refractivity contribution in [3.8, 4) is 0 Å². The van der Waals surface area contributed by atoms with E-state index in [0.717, 1.165) is 25.2 Å². The highest BCUT2D eigenvalue weighted by Gasteiger charge is 2.31. The molecule has 3 heterocycles. The summed E-state index contributed by atoms with van der Waals surface area (Å²) in [5.74, 6) is 1.46. The first-order valence-corrected chi connectivity index (χ1v) is 9.83. The topological polar surface area (TPSA) is 82.2 Å². The monoisotopic (exact) mass is 395 g/mol. The minimum atomic E-state index is -0.0772. The minimum Gasteiger partial charge on any atom is -0.383 e. The third-order valence-corrected chi connectivity index (χ3v) is 5.57. The average Bonchev–Trinajstić information content (AvgIpc) is 3.18. The van der Waals surface area contributed by atoms with Gasteiger partial charge in [0.1, 0.15) is 11.6 Å². The van der Waals surface area contributed by atoms with Gasteiger partial charge in [0.25, 0.3) is 11.1 Å². The van der Waals surface area contributed by atoms with Gasteiger partial charge in [0.15, 0.2) is 0 Å². The van der Waals surface area contributed by atoms with Gasteiger partial charge < -0.3 is 4.74 Å². The van der Waals surface area contributed by atoms with E-state index in [9.17, 15) is 9.59 Å². The van der Waals surface area contributed by atoms with Crippen molar-refractivity contribution in [1.29, 1.82) is 0 Å². The minimum absolute atomic E-state index is 0.0127. The van der Waals surface area contributed by atoms with Gasteiger partial charge in [0.2, 0.25) is 0 Å². The number of ether oxygens (including phenoxy) is 1. The number of hydrogen-bond acceptors (Lipinski definition) is 6. The van der Waals surface area contributed by atoms with Crippen LogP contribution in [0.5, 0.6) is 0 Å². The number of fused-ring (bicyclic) bond motifs is 1. The number of aromatic nitrogens is 4. The van der Waals surface area contributed by atoms with E-state index < -0.39 is 0 Å². The molecule has 3 aromatic rings. The lowest BCUT2D eigenvalue weighted by molar-refractivity contribution is 0.178. The summed E-state index contributed by atoms with van der Waals surface area (Å²) < 4.78 is 8.55. The molecule has 0 aliphatic carbocycles. The van der Waals surface area contributed by atoms with Crippen molar-refractivity contribution in [3.63, 3.8) is 0 Å². The Morgan fingerprint density at radius 1 is 1.21 bits per heavy atom. The Kier molecular flexibility index (Phi) is 5.55. The second kappa shape index (κ2) is 8.26. The Balaban J connectivity index is 1.76. The smallest absolute Gasteiger partial charge is 0.261 e. The Morgan fingerprint density at radius 2 is 2.03 bits per heavy atom. The van der Waals surface area contributed by atoms with E-state index >= 15 is 0 Å². The van der Waals surface area contributed by atoms with Crippen LogP contribution in [-0.4, -0.2) is 44.3 Å². The summed E-state index contributed by atoms with van der Waals surface area (Å²) in [5.41, 5.74) is 0.588. The Bertz CT molecular complexity index is 1140. The molecule has 1 aliphatic heterocycles. The van der Waals surface area contributed by atoms with Crippen molar-refractivity contribution in [2.45, 2.75) is 32.0 Å². The molecule has 0 spiro atoms. The summed E-state index contributed by atoms with van der Waals surface area (Å²) in [5, 5.41) is 0.615. The van der Waals surface area contributed by atoms with Crippen LogP contribution in [0.15, 0.2) is 46.1 Å². The van der Waals surface area contributed by atoms with Crippen LogP contribution < -0.4 is 11.1 Å². The summed E-state index contributed by atoms with van der Waals surface area (Å²) in [4.78, 5) is 36.6. The number of hydrogen-bond donors (Lipinski definition) is 0. The second-order valence-electron chi connectivity index (χ2n) is 7.32. The van der Waals surface area contributed by atoms with Gasteiger partial charge >= 0.3 is 0 Å². The lowest BCUT2D eigenvalue weighted by Gasteiger charge is -2.26. The van der Waals surface area contributed by atoms with Gasteiger partial charge in [-0.25, -0.2) is 9.97 Å². The van der Waals surface area contributed by atoms with Crippen LogP contribution in [0, 0.1) is 0 Å². The van der Waals surface area contributed by atoms with Gasteiger partial charge in [-0.1, -0.05) is 12.1 Å². The first kappa shape index (κ1) is 19.5. The maximum Gasteiger partial charge on any atom is 0.261 e. The van der Waals surface area contributed by atoms with Crippen LogP contribution in [-0.2, 0) is 24.9 Å². The normalized spacial score (nSPS) is 17.2. The van der Waals surface area contributed by atoms with Crippen molar-refractivity contribution in [2.75, 3.05) is 20.3 Å². The number of rotatable bonds is 6. The van der Waals surface area contributed by atoms with Crippen LogP contribution in [0.1, 0.15) is 30.5 Å². The molecule has 0 radical (unpaired) electrons. The zero-order valence-corrected chi connectivity index (χ0v) is 16.7. The summed E-state index contributed by atoms with van der Waals surface area (Å²) in [6.07, 6.45) is 3.45. The van der Waals surface area contributed by atoms with Crippen LogP contribution >= 0.6 is 0 Å². The molecule has 0 bridgehead atoms. The van der Waals surface area contributed by atoms with E-state index in [0.29, 0.717) is 36.4 Å². The molecule has 2 aromatic heterocycles. The zero-order valence-electron chi connectivity index (χ0n) is 16.7. The zero-order chi connectivity index (χ0) is 20.4. The molecule has 0 amide bonds. The predicted molar refractivity (Wildman–Crippen MR) is 110 cm³/mol. The molecule has 4 rings (SSSR count). The fourth-order valence-electron chi connectivity index (χ4n) is 3.99. The van der Waals surface area contributed by atoms with Crippen molar-refractivity contribution in [1.82, 2.24) is 24.0 Å². The van der Waals surface area contributed by atoms with Crippen molar-refractivity contribution in [2.24, 2.45) is 7.05 Å². The molecule has 0 saturated carbocycles. The van der Waals surface area contributed by atoms with Crippen molar-refractivity contribution in [3.05, 3.63) is 68.9 Å². The van der Waals surface area contributed by atoms with E-state index in [1.54, 1.807) is 29.5 Å². The third kappa shape index (κ3) is 3.73. The SMILES string of the molecule is COCCn1c(C2CCCN2Cc2nccc(=O)n2C)nc2ccccc2c1=O. The Morgan fingerprint density at radius 3 is 2.86 bits per heavy atom. The lowest BCUT2D eigenvalue weighted by Crippen LogP contribution is -2.34. The van der Waals surface area contributed by atoms with Gasteiger partial charge in [-0.15, -0.1) is 0 Å². The standard InChI is InChI=1S/C21H25N5O3/c1-24-18(22-10-9-19(24)27)14-25-11-5-8-17(25)20-23-16-7-4-3-6-15(16)21(28)26(20)12-13-29-2/h3-4,6-7,9-10,17H,5,8,11-14H2,1-2H3. The summed E-state index contributed by atoms with van der Waals surface area (Å²) in [6.45, 7) is 2.29. The maximum atomic E-state index is 13.2. The quantitative estimate of drug-likeness (QED) is 0.629. The van der Waals surface area contributed by atoms with Gasteiger partial charge in [0, 0.05) is 26.4 Å². The Labute approximate surface area is 168 Å². The fraction of sp³-hybridized carbons (Fsp3) is 0.429.